The number of H-pyrrole nitrogens is 2. The SMILES string of the molecule is CC1(C)SCc2c1c(=O)[nH][nH]c2=O. The fourth-order valence-corrected chi connectivity index (χ4v) is 2.74. The Hall–Kier alpha value is -0.970. The Labute approximate surface area is 78.7 Å². The van der Waals surface area contributed by atoms with Crippen molar-refractivity contribution in [3.8, 4) is 0 Å². The van der Waals surface area contributed by atoms with E-state index in [9.17, 15) is 9.59 Å². The van der Waals surface area contributed by atoms with E-state index in [2.05, 4.69) is 10.2 Å². The molecule has 13 heavy (non-hydrogen) atoms. The van der Waals surface area contributed by atoms with Crippen molar-refractivity contribution >= 4 is 11.8 Å². The summed E-state index contributed by atoms with van der Waals surface area (Å²) in [5, 5.41) is 4.68. The van der Waals surface area contributed by atoms with Gasteiger partial charge in [-0.1, -0.05) is 0 Å². The highest BCUT2D eigenvalue weighted by atomic mass is 32.2. The second-order valence-corrected chi connectivity index (χ2v) is 5.16. The highest BCUT2D eigenvalue weighted by molar-refractivity contribution is 7.99. The van der Waals surface area contributed by atoms with Gasteiger partial charge in [-0.2, -0.15) is 0 Å². The van der Waals surface area contributed by atoms with Gasteiger partial charge in [0.2, 0.25) is 0 Å². The van der Waals surface area contributed by atoms with Crippen LogP contribution >= 0.6 is 11.8 Å². The molecule has 0 aromatic carbocycles. The standard InChI is InChI=1S/C8H10N2O2S/c1-8(2)5-4(3-13-8)6(11)9-10-7(5)12/h3H2,1-2H3,(H,9,11)(H,10,12). The predicted molar refractivity (Wildman–Crippen MR) is 52.0 cm³/mol. The summed E-state index contributed by atoms with van der Waals surface area (Å²) in [5.74, 6) is 0.627. The molecule has 1 aliphatic rings. The molecule has 0 unspecified atom stereocenters. The Morgan fingerprint density at radius 2 is 1.85 bits per heavy atom. The Morgan fingerprint density at radius 1 is 1.23 bits per heavy atom. The molecule has 0 bridgehead atoms. The quantitative estimate of drug-likeness (QED) is 0.639. The Balaban J connectivity index is 2.85. The van der Waals surface area contributed by atoms with Crippen LogP contribution in [0.3, 0.4) is 0 Å². The lowest BCUT2D eigenvalue weighted by Gasteiger charge is -2.15. The van der Waals surface area contributed by atoms with E-state index < -0.39 is 0 Å². The lowest BCUT2D eigenvalue weighted by Crippen LogP contribution is -2.29. The van der Waals surface area contributed by atoms with Gasteiger partial charge in [0.1, 0.15) is 0 Å². The first-order chi connectivity index (χ1) is 6.02. The first kappa shape index (κ1) is 8.62. The summed E-state index contributed by atoms with van der Waals surface area (Å²) in [5.41, 5.74) is 0.900. The maximum Gasteiger partial charge on any atom is 0.267 e. The molecule has 4 nitrogen and oxygen atoms in total. The van der Waals surface area contributed by atoms with Crippen molar-refractivity contribution in [2.45, 2.75) is 24.3 Å². The fourth-order valence-electron chi connectivity index (χ4n) is 1.60. The zero-order valence-electron chi connectivity index (χ0n) is 7.43. The van der Waals surface area contributed by atoms with Gasteiger partial charge >= 0.3 is 0 Å². The zero-order chi connectivity index (χ0) is 9.64. The van der Waals surface area contributed by atoms with Crippen molar-refractivity contribution in [2.75, 3.05) is 0 Å². The lowest BCUT2D eigenvalue weighted by atomic mass is 10.0. The predicted octanol–water partition coefficient (Wildman–Crippen LogP) is 0.545. The monoisotopic (exact) mass is 198 g/mol. The number of hydrogen-bond acceptors (Lipinski definition) is 3. The molecule has 1 aromatic rings. The number of aromatic nitrogens is 2. The summed E-state index contributed by atoms with van der Waals surface area (Å²) in [6.45, 7) is 3.91. The van der Waals surface area contributed by atoms with E-state index in [4.69, 9.17) is 0 Å². The fraction of sp³-hybridized carbons (Fsp3) is 0.500. The van der Waals surface area contributed by atoms with Gasteiger partial charge in [-0.25, -0.2) is 0 Å². The smallest absolute Gasteiger partial charge is 0.267 e. The van der Waals surface area contributed by atoms with Gasteiger partial charge in [0.25, 0.3) is 11.1 Å². The second-order valence-electron chi connectivity index (χ2n) is 3.56. The van der Waals surface area contributed by atoms with Gasteiger partial charge in [-0.05, 0) is 13.8 Å². The molecule has 0 saturated carbocycles. The van der Waals surface area contributed by atoms with Crippen molar-refractivity contribution in [1.29, 1.82) is 0 Å². The zero-order valence-corrected chi connectivity index (χ0v) is 8.25. The molecule has 1 aromatic heterocycles. The summed E-state index contributed by atoms with van der Waals surface area (Å²) in [7, 11) is 0. The van der Waals surface area contributed by atoms with Crippen LogP contribution in [-0.2, 0) is 10.5 Å². The third-order valence-corrected chi connectivity index (χ3v) is 3.63. The molecule has 2 rings (SSSR count). The van der Waals surface area contributed by atoms with E-state index in [1.165, 1.54) is 0 Å². The number of thioether (sulfide) groups is 1. The van der Waals surface area contributed by atoms with Crippen molar-refractivity contribution < 1.29 is 0 Å². The summed E-state index contributed by atoms with van der Waals surface area (Å²) >= 11 is 1.62. The first-order valence-electron chi connectivity index (χ1n) is 4.00. The third kappa shape index (κ3) is 1.14. The molecule has 2 heterocycles. The molecular weight excluding hydrogens is 188 g/mol. The van der Waals surface area contributed by atoms with Gasteiger partial charge in [0.15, 0.2) is 0 Å². The highest BCUT2D eigenvalue weighted by Crippen LogP contribution is 2.42. The van der Waals surface area contributed by atoms with Gasteiger partial charge < -0.3 is 0 Å². The molecular formula is C8H10N2O2S. The highest BCUT2D eigenvalue weighted by Gasteiger charge is 2.35. The van der Waals surface area contributed by atoms with Crippen LogP contribution < -0.4 is 11.1 Å². The first-order valence-corrected chi connectivity index (χ1v) is 4.99. The molecule has 70 valence electrons. The van der Waals surface area contributed by atoms with E-state index in [0.29, 0.717) is 16.9 Å². The maximum atomic E-state index is 11.4. The van der Waals surface area contributed by atoms with Gasteiger partial charge in [-0.3, -0.25) is 19.8 Å². The van der Waals surface area contributed by atoms with Crippen molar-refractivity contribution in [3.63, 3.8) is 0 Å². The van der Waals surface area contributed by atoms with Crippen LogP contribution in [-0.4, -0.2) is 10.2 Å². The molecule has 0 amide bonds. The van der Waals surface area contributed by atoms with Crippen LogP contribution in [0.25, 0.3) is 0 Å². The Morgan fingerprint density at radius 3 is 2.46 bits per heavy atom. The van der Waals surface area contributed by atoms with E-state index in [1.54, 1.807) is 11.8 Å². The summed E-state index contributed by atoms with van der Waals surface area (Å²) in [6.07, 6.45) is 0. The number of fused-ring (bicyclic) bond motifs is 1. The van der Waals surface area contributed by atoms with E-state index in [1.807, 2.05) is 13.8 Å². The van der Waals surface area contributed by atoms with Crippen molar-refractivity contribution in [2.24, 2.45) is 0 Å². The summed E-state index contributed by atoms with van der Waals surface area (Å²) in [4.78, 5) is 22.8. The van der Waals surface area contributed by atoms with E-state index >= 15 is 0 Å². The summed E-state index contributed by atoms with van der Waals surface area (Å²) in [6, 6.07) is 0. The molecule has 0 saturated heterocycles. The van der Waals surface area contributed by atoms with Crippen LogP contribution in [0.2, 0.25) is 0 Å². The van der Waals surface area contributed by atoms with Gasteiger partial charge in [0.05, 0.1) is 0 Å². The average molecular weight is 198 g/mol. The number of rotatable bonds is 0. The maximum absolute atomic E-state index is 11.4. The third-order valence-electron chi connectivity index (χ3n) is 2.27. The molecule has 0 aliphatic carbocycles. The topological polar surface area (TPSA) is 65.7 Å². The minimum Gasteiger partial charge on any atom is -0.268 e. The molecule has 2 N–H and O–H groups in total. The molecule has 0 spiro atoms. The van der Waals surface area contributed by atoms with Crippen molar-refractivity contribution in [1.82, 2.24) is 10.2 Å². The van der Waals surface area contributed by atoms with Crippen LogP contribution in [0, 0.1) is 0 Å². The van der Waals surface area contributed by atoms with Gasteiger partial charge in [-0.15, -0.1) is 11.8 Å². The molecule has 1 aliphatic heterocycles. The number of nitrogens with one attached hydrogen (secondary N) is 2. The van der Waals surface area contributed by atoms with Crippen LogP contribution in [0.5, 0.6) is 0 Å². The summed E-state index contributed by atoms with van der Waals surface area (Å²) < 4.78 is -0.239. The average Bonchev–Trinajstić information content (AvgIpc) is 2.36. The van der Waals surface area contributed by atoms with Crippen LogP contribution in [0.4, 0.5) is 0 Å². The number of hydrogen-bond donors (Lipinski definition) is 2. The normalized spacial score (nSPS) is 18.6. The number of aromatic amines is 2. The van der Waals surface area contributed by atoms with Crippen LogP contribution in [0.1, 0.15) is 25.0 Å². The van der Waals surface area contributed by atoms with Gasteiger partial charge in [0, 0.05) is 21.6 Å². The largest absolute Gasteiger partial charge is 0.268 e. The minimum atomic E-state index is -0.239. The van der Waals surface area contributed by atoms with Crippen molar-refractivity contribution in [3.05, 3.63) is 31.8 Å². The molecule has 5 heteroatoms. The molecule has 0 atom stereocenters. The molecule has 0 fully saturated rings. The minimum absolute atomic E-state index is 0.173. The van der Waals surface area contributed by atoms with Crippen LogP contribution in [0.15, 0.2) is 9.59 Å². The lowest BCUT2D eigenvalue weighted by molar-refractivity contribution is 0.755. The van der Waals surface area contributed by atoms with E-state index in [0.717, 1.165) is 0 Å². The molecule has 0 radical (unpaired) electrons. The Bertz CT molecular complexity index is 458. The Kier molecular flexibility index (Phi) is 1.66. The van der Waals surface area contributed by atoms with E-state index in [-0.39, 0.29) is 15.9 Å². The second kappa shape index (κ2) is 2.51.